The van der Waals surface area contributed by atoms with Crippen molar-refractivity contribution < 1.29 is 9.53 Å². The van der Waals surface area contributed by atoms with E-state index in [1.165, 1.54) is 6.42 Å². The van der Waals surface area contributed by atoms with Crippen molar-refractivity contribution in [2.75, 3.05) is 17.6 Å². The van der Waals surface area contributed by atoms with E-state index in [2.05, 4.69) is 27.9 Å². The second-order valence-corrected chi connectivity index (χ2v) is 4.84. The molecule has 0 radical (unpaired) electrons. The van der Waals surface area contributed by atoms with Crippen LogP contribution < -0.4 is 5.32 Å². The molecule has 82 valence electrons. The molecular weight excluding hydrogens is 293 g/mol. The minimum atomic E-state index is 0.0876. The molecule has 0 saturated carbocycles. The summed E-state index contributed by atoms with van der Waals surface area (Å²) in [5.41, 5.74) is 0. The third-order valence-corrected chi connectivity index (χ3v) is 3.19. The summed E-state index contributed by atoms with van der Waals surface area (Å²) in [6, 6.07) is 0. The smallest absolute Gasteiger partial charge is 0.225 e. The van der Waals surface area contributed by atoms with E-state index < -0.39 is 0 Å². The van der Waals surface area contributed by atoms with E-state index in [1.807, 2.05) is 6.92 Å². The number of hydrogen-bond donors (Lipinski definition) is 1. The molecule has 0 bridgehead atoms. The molecule has 1 amide bonds. The lowest BCUT2D eigenvalue weighted by Gasteiger charge is -2.08. The Morgan fingerprint density at radius 1 is 1.57 bits per heavy atom. The van der Waals surface area contributed by atoms with E-state index >= 15 is 0 Å². The zero-order valence-electron chi connectivity index (χ0n) is 8.59. The molecule has 2 atom stereocenters. The average Bonchev–Trinajstić information content (AvgIpc) is 2.59. The summed E-state index contributed by atoms with van der Waals surface area (Å²) in [7, 11) is 0. The molecular formula is C10H18INO2. The highest BCUT2D eigenvalue weighted by Crippen LogP contribution is 2.18. The van der Waals surface area contributed by atoms with Crippen LogP contribution in [0.3, 0.4) is 0 Å². The van der Waals surface area contributed by atoms with Crippen molar-refractivity contribution >= 4 is 28.5 Å². The number of hydrogen-bond acceptors (Lipinski definition) is 2. The minimum absolute atomic E-state index is 0.0876. The first-order valence-electron chi connectivity index (χ1n) is 5.19. The van der Waals surface area contributed by atoms with Crippen LogP contribution in [0.1, 0.15) is 26.2 Å². The maximum Gasteiger partial charge on any atom is 0.225 e. The summed E-state index contributed by atoms with van der Waals surface area (Å²) in [4.78, 5) is 11.6. The molecule has 14 heavy (non-hydrogen) atoms. The minimum Gasteiger partial charge on any atom is -0.378 e. The first kappa shape index (κ1) is 12.2. The number of unbranched alkanes of at least 4 members (excludes halogenated alkanes) is 1. The van der Waals surface area contributed by atoms with Gasteiger partial charge in [-0.15, -0.1) is 0 Å². The monoisotopic (exact) mass is 311 g/mol. The van der Waals surface area contributed by atoms with Crippen LogP contribution in [0.25, 0.3) is 0 Å². The van der Waals surface area contributed by atoms with Crippen LogP contribution >= 0.6 is 22.6 Å². The van der Waals surface area contributed by atoms with Gasteiger partial charge in [-0.05, 0) is 30.6 Å². The van der Waals surface area contributed by atoms with Crippen molar-refractivity contribution in [2.45, 2.75) is 32.3 Å². The number of rotatable bonds is 5. The van der Waals surface area contributed by atoms with Crippen LogP contribution in [-0.4, -0.2) is 29.6 Å². The Balaban J connectivity index is 2.09. The average molecular weight is 311 g/mol. The van der Waals surface area contributed by atoms with Gasteiger partial charge in [-0.3, -0.25) is 4.79 Å². The number of nitrogens with one attached hydrogen (secondary N) is 1. The Hall–Kier alpha value is 0.160. The quantitative estimate of drug-likeness (QED) is 0.477. The maximum absolute atomic E-state index is 11.6. The lowest BCUT2D eigenvalue weighted by atomic mass is 10.1. The maximum atomic E-state index is 11.6. The lowest BCUT2D eigenvalue weighted by Crippen LogP contribution is -2.31. The fourth-order valence-electron chi connectivity index (χ4n) is 1.58. The summed E-state index contributed by atoms with van der Waals surface area (Å²) in [5.74, 6) is 0.257. The SMILES string of the molecule is CC1CC(C(=O)NCCCCI)CO1. The molecule has 0 aromatic heterocycles. The summed E-state index contributed by atoms with van der Waals surface area (Å²) in [5, 5.41) is 2.96. The third-order valence-electron chi connectivity index (χ3n) is 2.43. The number of alkyl halides is 1. The topological polar surface area (TPSA) is 38.3 Å². The highest BCUT2D eigenvalue weighted by molar-refractivity contribution is 14.1. The van der Waals surface area contributed by atoms with Crippen LogP contribution in [0, 0.1) is 5.92 Å². The van der Waals surface area contributed by atoms with Crippen LogP contribution in [0.5, 0.6) is 0 Å². The second kappa shape index (κ2) is 6.61. The Morgan fingerprint density at radius 3 is 2.93 bits per heavy atom. The lowest BCUT2D eigenvalue weighted by molar-refractivity contribution is -0.124. The van der Waals surface area contributed by atoms with Crippen LogP contribution in [0.15, 0.2) is 0 Å². The van der Waals surface area contributed by atoms with E-state index in [-0.39, 0.29) is 17.9 Å². The van der Waals surface area contributed by atoms with Gasteiger partial charge in [0, 0.05) is 6.54 Å². The number of ether oxygens (including phenoxy) is 1. The number of amides is 1. The molecule has 0 aromatic rings. The molecule has 1 fully saturated rings. The number of halogens is 1. The van der Waals surface area contributed by atoms with Gasteiger partial charge in [-0.25, -0.2) is 0 Å². The molecule has 1 N–H and O–H groups in total. The Bertz CT molecular complexity index is 187. The van der Waals surface area contributed by atoms with Gasteiger partial charge in [-0.2, -0.15) is 0 Å². The van der Waals surface area contributed by atoms with Gasteiger partial charge in [0.25, 0.3) is 0 Å². The first-order valence-corrected chi connectivity index (χ1v) is 6.72. The first-order chi connectivity index (χ1) is 6.74. The molecule has 2 unspecified atom stereocenters. The Labute approximate surface area is 99.1 Å². The molecule has 1 aliphatic heterocycles. The summed E-state index contributed by atoms with van der Waals surface area (Å²) < 4.78 is 6.52. The highest BCUT2D eigenvalue weighted by Gasteiger charge is 2.27. The van der Waals surface area contributed by atoms with E-state index in [0.29, 0.717) is 6.61 Å². The molecule has 1 heterocycles. The summed E-state index contributed by atoms with van der Waals surface area (Å²) in [6.45, 7) is 3.43. The molecule has 0 aromatic carbocycles. The van der Waals surface area contributed by atoms with Crippen molar-refractivity contribution in [3.05, 3.63) is 0 Å². The predicted molar refractivity (Wildman–Crippen MR) is 64.7 cm³/mol. The van der Waals surface area contributed by atoms with Gasteiger partial charge in [0.05, 0.1) is 18.6 Å². The largest absolute Gasteiger partial charge is 0.378 e. The Morgan fingerprint density at radius 2 is 2.36 bits per heavy atom. The highest BCUT2D eigenvalue weighted by atomic mass is 127. The summed E-state index contributed by atoms with van der Waals surface area (Å²) >= 11 is 2.35. The standard InChI is InChI=1S/C10H18INO2/c1-8-6-9(7-14-8)10(13)12-5-3-2-4-11/h8-9H,2-7H2,1H3,(H,12,13). The van der Waals surface area contributed by atoms with E-state index in [0.717, 1.165) is 23.8 Å². The zero-order valence-corrected chi connectivity index (χ0v) is 10.7. The van der Waals surface area contributed by atoms with Crippen LogP contribution in [0.4, 0.5) is 0 Å². The second-order valence-electron chi connectivity index (χ2n) is 3.76. The normalized spacial score (nSPS) is 26.4. The van der Waals surface area contributed by atoms with Crippen molar-refractivity contribution in [3.8, 4) is 0 Å². The molecule has 4 heteroatoms. The number of carbonyl (C=O) groups excluding carboxylic acids is 1. The van der Waals surface area contributed by atoms with Gasteiger partial charge in [0.2, 0.25) is 5.91 Å². The van der Waals surface area contributed by atoms with Gasteiger partial charge < -0.3 is 10.1 Å². The zero-order chi connectivity index (χ0) is 10.4. The molecule has 1 rings (SSSR count). The van der Waals surface area contributed by atoms with Crippen LogP contribution in [-0.2, 0) is 9.53 Å². The van der Waals surface area contributed by atoms with Crippen molar-refractivity contribution in [1.29, 1.82) is 0 Å². The number of carbonyl (C=O) groups is 1. The van der Waals surface area contributed by atoms with Crippen LogP contribution in [0.2, 0.25) is 0 Å². The molecule has 1 saturated heterocycles. The van der Waals surface area contributed by atoms with Crippen molar-refractivity contribution in [3.63, 3.8) is 0 Å². The Kier molecular flexibility index (Phi) is 5.77. The van der Waals surface area contributed by atoms with Gasteiger partial charge >= 0.3 is 0 Å². The van der Waals surface area contributed by atoms with E-state index in [4.69, 9.17) is 4.74 Å². The molecule has 3 nitrogen and oxygen atoms in total. The van der Waals surface area contributed by atoms with E-state index in [9.17, 15) is 4.79 Å². The third kappa shape index (κ3) is 4.13. The van der Waals surface area contributed by atoms with Crippen molar-refractivity contribution in [2.24, 2.45) is 5.92 Å². The van der Waals surface area contributed by atoms with E-state index in [1.54, 1.807) is 0 Å². The fourth-order valence-corrected chi connectivity index (χ4v) is 2.11. The van der Waals surface area contributed by atoms with Gasteiger partial charge in [-0.1, -0.05) is 22.6 Å². The molecule has 0 aliphatic carbocycles. The molecule has 0 spiro atoms. The van der Waals surface area contributed by atoms with Crippen molar-refractivity contribution in [1.82, 2.24) is 5.32 Å². The van der Waals surface area contributed by atoms with Gasteiger partial charge in [0.15, 0.2) is 0 Å². The molecule has 1 aliphatic rings. The predicted octanol–water partition coefficient (Wildman–Crippen LogP) is 1.74. The van der Waals surface area contributed by atoms with Gasteiger partial charge in [0.1, 0.15) is 0 Å². The fraction of sp³-hybridized carbons (Fsp3) is 0.900. The summed E-state index contributed by atoms with van der Waals surface area (Å²) in [6.07, 6.45) is 3.38.